The lowest BCUT2D eigenvalue weighted by Gasteiger charge is -2.09. The van der Waals surface area contributed by atoms with Gasteiger partial charge in [-0.15, -0.1) is 0 Å². The van der Waals surface area contributed by atoms with Crippen LogP contribution < -0.4 is 10.5 Å². The molecule has 0 radical (unpaired) electrons. The standard InChI is InChI=1S/C7H14N2O3S/c1-2-6(8)7(10)9-13(11,12)5-3-4-5/h5-6H,2-4,8H2,1H3,(H,9,10)/t6-/m0/s1. The molecule has 6 heteroatoms. The van der Waals surface area contributed by atoms with Crippen LogP contribution in [0.1, 0.15) is 26.2 Å². The fourth-order valence-electron chi connectivity index (χ4n) is 0.863. The van der Waals surface area contributed by atoms with E-state index in [0.717, 1.165) is 0 Å². The number of hydrogen-bond donors (Lipinski definition) is 2. The Morgan fingerprint density at radius 2 is 2.15 bits per heavy atom. The summed E-state index contributed by atoms with van der Waals surface area (Å²) in [5.41, 5.74) is 5.37. The number of nitrogens with one attached hydrogen (secondary N) is 1. The summed E-state index contributed by atoms with van der Waals surface area (Å²) < 4.78 is 24.4. The summed E-state index contributed by atoms with van der Waals surface area (Å²) >= 11 is 0. The minimum Gasteiger partial charge on any atom is -0.320 e. The summed E-state index contributed by atoms with van der Waals surface area (Å²) in [6, 6.07) is -0.728. The number of carbonyl (C=O) groups excluding carboxylic acids is 1. The molecule has 1 amide bonds. The third-order valence-corrected chi connectivity index (χ3v) is 3.82. The highest BCUT2D eigenvalue weighted by atomic mass is 32.2. The Morgan fingerprint density at radius 1 is 1.62 bits per heavy atom. The summed E-state index contributed by atoms with van der Waals surface area (Å²) in [4.78, 5) is 11.1. The van der Waals surface area contributed by atoms with Crippen molar-refractivity contribution in [3.05, 3.63) is 0 Å². The third-order valence-electron chi connectivity index (χ3n) is 1.98. The van der Waals surface area contributed by atoms with Crippen molar-refractivity contribution < 1.29 is 13.2 Å². The number of rotatable bonds is 4. The second-order valence-electron chi connectivity index (χ2n) is 3.23. The first-order valence-electron chi connectivity index (χ1n) is 4.28. The Hall–Kier alpha value is -0.620. The van der Waals surface area contributed by atoms with E-state index in [1.54, 1.807) is 6.92 Å². The number of amides is 1. The molecule has 0 heterocycles. The molecule has 0 spiro atoms. The van der Waals surface area contributed by atoms with E-state index in [-0.39, 0.29) is 5.25 Å². The van der Waals surface area contributed by atoms with Crippen LogP contribution >= 0.6 is 0 Å². The molecule has 3 N–H and O–H groups in total. The molecule has 0 aromatic carbocycles. The molecule has 0 saturated heterocycles. The van der Waals surface area contributed by atoms with Gasteiger partial charge in [-0.2, -0.15) is 0 Å². The Kier molecular flexibility index (Phi) is 2.92. The van der Waals surface area contributed by atoms with Gasteiger partial charge < -0.3 is 5.73 Å². The monoisotopic (exact) mass is 206 g/mol. The van der Waals surface area contributed by atoms with Crippen LogP contribution in [0.15, 0.2) is 0 Å². The number of carbonyl (C=O) groups is 1. The first-order valence-corrected chi connectivity index (χ1v) is 5.83. The molecule has 0 aromatic rings. The lowest BCUT2D eigenvalue weighted by atomic mass is 10.2. The van der Waals surface area contributed by atoms with Gasteiger partial charge in [0.05, 0.1) is 11.3 Å². The maximum Gasteiger partial charge on any atom is 0.250 e. The van der Waals surface area contributed by atoms with Gasteiger partial charge in [0.2, 0.25) is 15.9 Å². The van der Waals surface area contributed by atoms with Gasteiger partial charge in [0.25, 0.3) is 0 Å². The predicted octanol–water partition coefficient (Wildman–Crippen LogP) is -0.668. The van der Waals surface area contributed by atoms with E-state index in [1.165, 1.54) is 0 Å². The zero-order valence-electron chi connectivity index (χ0n) is 7.49. The van der Waals surface area contributed by atoms with Crippen LogP contribution in [0.5, 0.6) is 0 Å². The lowest BCUT2D eigenvalue weighted by molar-refractivity contribution is -0.120. The van der Waals surface area contributed by atoms with Gasteiger partial charge in [-0.25, -0.2) is 8.42 Å². The van der Waals surface area contributed by atoms with Gasteiger partial charge in [0.15, 0.2) is 0 Å². The second-order valence-corrected chi connectivity index (χ2v) is 5.19. The molecular formula is C7H14N2O3S. The summed E-state index contributed by atoms with van der Waals surface area (Å²) in [5.74, 6) is -0.602. The molecule has 5 nitrogen and oxygen atoms in total. The molecule has 0 aromatic heterocycles. The predicted molar refractivity (Wildman–Crippen MR) is 48.4 cm³/mol. The van der Waals surface area contributed by atoms with Crippen molar-refractivity contribution in [1.29, 1.82) is 0 Å². The van der Waals surface area contributed by atoms with E-state index in [4.69, 9.17) is 5.73 Å². The third kappa shape index (κ3) is 2.67. The maximum atomic E-state index is 11.2. The lowest BCUT2D eigenvalue weighted by Crippen LogP contribution is -2.44. The van der Waals surface area contributed by atoms with Gasteiger partial charge in [0.1, 0.15) is 0 Å². The van der Waals surface area contributed by atoms with Crippen molar-refractivity contribution in [2.75, 3.05) is 0 Å². The average molecular weight is 206 g/mol. The molecule has 76 valence electrons. The molecule has 1 aliphatic rings. The van der Waals surface area contributed by atoms with Crippen molar-refractivity contribution >= 4 is 15.9 Å². The van der Waals surface area contributed by atoms with Crippen LogP contribution in [0.25, 0.3) is 0 Å². The molecule has 0 bridgehead atoms. The summed E-state index contributed by atoms with van der Waals surface area (Å²) in [6.07, 6.45) is 1.72. The first-order chi connectivity index (χ1) is 5.97. The van der Waals surface area contributed by atoms with Crippen LogP contribution in [-0.4, -0.2) is 25.6 Å². The van der Waals surface area contributed by atoms with Crippen LogP contribution in [0.2, 0.25) is 0 Å². The largest absolute Gasteiger partial charge is 0.320 e. The van der Waals surface area contributed by atoms with E-state index >= 15 is 0 Å². The van der Waals surface area contributed by atoms with Crippen molar-refractivity contribution in [1.82, 2.24) is 4.72 Å². The molecule has 1 saturated carbocycles. The fourth-order valence-corrected chi connectivity index (χ4v) is 2.22. The molecular weight excluding hydrogens is 192 g/mol. The Bertz CT molecular complexity index is 295. The Balaban J connectivity index is 2.52. The summed E-state index contributed by atoms with van der Waals surface area (Å²) in [7, 11) is -3.42. The highest BCUT2D eigenvalue weighted by Gasteiger charge is 2.37. The minimum absolute atomic E-state index is 0.375. The van der Waals surface area contributed by atoms with Gasteiger partial charge in [0, 0.05) is 0 Å². The van der Waals surface area contributed by atoms with E-state index in [2.05, 4.69) is 0 Å². The van der Waals surface area contributed by atoms with Crippen LogP contribution in [0, 0.1) is 0 Å². The Morgan fingerprint density at radius 3 is 2.54 bits per heavy atom. The van der Waals surface area contributed by atoms with Crippen molar-refractivity contribution in [2.24, 2.45) is 5.73 Å². The van der Waals surface area contributed by atoms with Crippen LogP contribution in [0.3, 0.4) is 0 Å². The molecule has 1 fully saturated rings. The van der Waals surface area contributed by atoms with Crippen molar-refractivity contribution in [3.63, 3.8) is 0 Å². The molecule has 13 heavy (non-hydrogen) atoms. The van der Waals surface area contributed by atoms with E-state index < -0.39 is 22.0 Å². The highest BCUT2D eigenvalue weighted by molar-refractivity contribution is 7.90. The van der Waals surface area contributed by atoms with Gasteiger partial charge in [-0.3, -0.25) is 9.52 Å². The number of nitrogens with two attached hydrogens (primary N) is 1. The normalized spacial score (nSPS) is 19.5. The maximum absolute atomic E-state index is 11.2. The summed E-state index contributed by atoms with van der Waals surface area (Å²) in [6.45, 7) is 1.73. The molecule has 0 aliphatic heterocycles. The summed E-state index contributed by atoms with van der Waals surface area (Å²) in [5, 5.41) is -0.375. The van der Waals surface area contributed by atoms with Crippen molar-refractivity contribution in [2.45, 2.75) is 37.5 Å². The fraction of sp³-hybridized carbons (Fsp3) is 0.857. The van der Waals surface area contributed by atoms with E-state index in [1.807, 2.05) is 4.72 Å². The topological polar surface area (TPSA) is 89.3 Å². The van der Waals surface area contributed by atoms with Gasteiger partial charge >= 0.3 is 0 Å². The highest BCUT2D eigenvalue weighted by Crippen LogP contribution is 2.27. The zero-order valence-corrected chi connectivity index (χ0v) is 8.30. The van der Waals surface area contributed by atoms with Crippen molar-refractivity contribution in [3.8, 4) is 0 Å². The second kappa shape index (κ2) is 3.63. The van der Waals surface area contributed by atoms with Gasteiger partial charge in [-0.05, 0) is 19.3 Å². The number of hydrogen-bond acceptors (Lipinski definition) is 4. The minimum atomic E-state index is -3.42. The molecule has 1 aliphatic carbocycles. The molecule has 1 atom stereocenters. The van der Waals surface area contributed by atoms with Crippen LogP contribution in [-0.2, 0) is 14.8 Å². The molecule has 1 rings (SSSR count). The number of sulfonamides is 1. The quantitative estimate of drug-likeness (QED) is 0.638. The van der Waals surface area contributed by atoms with E-state index in [9.17, 15) is 13.2 Å². The van der Waals surface area contributed by atoms with E-state index in [0.29, 0.717) is 19.3 Å². The average Bonchev–Trinajstić information content (AvgIpc) is 2.84. The smallest absolute Gasteiger partial charge is 0.250 e. The first kappa shape index (κ1) is 10.5. The zero-order chi connectivity index (χ0) is 10.1. The Labute approximate surface area is 77.7 Å². The van der Waals surface area contributed by atoms with Gasteiger partial charge in [-0.1, -0.05) is 6.92 Å². The SMILES string of the molecule is CC[C@H](N)C(=O)NS(=O)(=O)C1CC1. The molecule has 0 unspecified atom stereocenters. The van der Waals surface area contributed by atoms with Crippen LogP contribution in [0.4, 0.5) is 0 Å².